The Hall–Kier alpha value is -1.64. The maximum Gasteiger partial charge on any atom is 0.314 e. The number of rotatable bonds is 4. The van der Waals surface area contributed by atoms with E-state index in [1.54, 1.807) is 24.3 Å². The van der Waals surface area contributed by atoms with Crippen molar-refractivity contribution in [2.24, 2.45) is 5.92 Å². The third kappa shape index (κ3) is 3.20. The summed E-state index contributed by atoms with van der Waals surface area (Å²) in [6.45, 7) is 3.75. The Morgan fingerprint density at radius 2 is 2.00 bits per heavy atom. The number of hydrogen-bond donors (Lipinski definition) is 0. The minimum atomic E-state index is -0.239. The van der Waals surface area contributed by atoms with Crippen LogP contribution in [0.1, 0.15) is 30.6 Å². The SMILES string of the molecule is CCC(C)C(=O)Oc1ccc(C=O)cc1. The summed E-state index contributed by atoms with van der Waals surface area (Å²) in [6, 6.07) is 6.46. The van der Waals surface area contributed by atoms with Gasteiger partial charge in [-0.2, -0.15) is 0 Å². The van der Waals surface area contributed by atoms with Crippen LogP contribution in [0.2, 0.25) is 0 Å². The lowest BCUT2D eigenvalue weighted by atomic mass is 10.1. The van der Waals surface area contributed by atoms with Crippen LogP contribution >= 0.6 is 0 Å². The van der Waals surface area contributed by atoms with Gasteiger partial charge >= 0.3 is 5.97 Å². The zero-order valence-electron chi connectivity index (χ0n) is 8.90. The fourth-order valence-corrected chi connectivity index (χ4v) is 0.998. The first kappa shape index (κ1) is 11.4. The Morgan fingerprint density at radius 1 is 1.40 bits per heavy atom. The molecule has 3 nitrogen and oxygen atoms in total. The van der Waals surface area contributed by atoms with E-state index in [9.17, 15) is 9.59 Å². The number of hydrogen-bond acceptors (Lipinski definition) is 3. The maximum atomic E-state index is 11.4. The van der Waals surface area contributed by atoms with E-state index in [4.69, 9.17) is 4.74 Å². The fraction of sp³-hybridized carbons (Fsp3) is 0.333. The molecule has 0 saturated carbocycles. The first-order valence-electron chi connectivity index (χ1n) is 4.94. The lowest BCUT2D eigenvalue weighted by Gasteiger charge is -2.08. The molecular formula is C12H14O3. The van der Waals surface area contributed by atoms with E-state index in [0.717, 1.165) is 12.7 Å². The minimum Gasteiger partial charge on any atom is -0.426 e. The van der Waals surface area contributed by atoms with Gasteiger partial charge in [0.2, 0.25) is 0 Å². The molecular weight excluding hydrogens is 192 g/mol. The molecule has 0 aliphatic heterocycles. The minimum absolute atomic E-state index is 0.101. The average molecular weight is 206 g/mol. The van der Waals surface area contributed by atoms with Crippen molar-refractivity contribution in [2.45, 2.75) is 20.3 Å². The predicted molar refractivity (Wildman–Crippen MR) is 56.9 cm³/mol. The van der Waals surface area contributed by atoms with Gasteiger partial charge in [-0.05, 0) is 30.7 Å². The van der Waals surface area contributed by atoms with Crippen molar-refractivity contribution in [3.63, 3.8) is 0 Å². The highest BCUT2D eigenvalue weighted by Crippen LogP contribution is 2.14. The van der Waals surface area contributed by atoms with Crippen LogP contribution in [-0.4, -0.2) is 12.3 Å². The highest BCUT2D eigenvalue weighted by Gasteiger charge is 2.12. The van der Waals surface area contributed by atoms with Crippen LogP contribution in [0.15, 0.2) is 24.3 Å². The highest BCUT2D eigenvalue weighted by molar-refractivity contribution is 5.76. The molecule has 0 aliphatic carbocycles. The fourth-order valence-electron chi connectivity index (χ4n) is 0.998. The molecule has 1 aromatic rings. The van der Waals surface area contributed by atoms with Crippen LogP contribution in [0.4, 0.5) is 0 Å². The molecule has 0 heterocycles. The molecule has 0 spiro atoms. The zero-order valence-corrected chi connectivity index (χ0v) is 8.90. The van der Waals surface area contributed by atoms with Crippen LogP contribution < -0.4 is 4.74 Å². The molecule has 15 heavy (non-hydrogen) atoms. The van der Waals surface area contributed by atoms with Crippen molar-refractivity contribution in [3.05, 3.63) is 29.8 Å². The van der Waals surface area contributed by atoms with Crippen LogP contribution in [0.25, 0.3) is 0 Å². The van der Waals surface area contributed by atoms with Gasteiger partial charge in [0, 0.05) is 5.56 Å². The quantitative estimate of drug-likeness (QED) is 0.431. The number of carbonyl (C=O) groups excluding carboxylic acids is 2. The van der Waals surface area contributed by atoms with Crippen LogP contribution in [0.5, 0.6) is 5.75 Å². The van der Waals surface area contributed by atoms with E-state index in [1.165, 1.54) is 0 Å². The van der Waals surface area contributed by atoms with Crippen molar-refractivity contribution < 1.29 is 14.3 Å². The number of benzene rings is 1. The Kier molecular flexibility index (Phi) is 4.03. The molecule has 0 aliphatic rings. The molecule has 0 fully saturated rings. The molecule has 0 aromatic heterocycles. The maximum absolute atomic E-state index is 11.4. The molecule has 0 bridgehead atoms. The predicted octanol–water partition coefficient (Wildman–Crippen LogP) is 2.45. The van der Waals surface area contributed by atoms with E-state index in [1.807, 2.05) is 13.8 Å². The molecule has 3 heteroatoms. The second-order valence-electron chi connectivity index (χ2n) is 3.42. The summed E-state index contributed by atoms with van der Waals surface area (Å²) in [6.07, 6.45) is 1.51. The first-order valence-corrected chi connectivity index (χ1v) is 4.94. The van der Waals surface area contributed by atoms with Crippen molar-refractivity contribution in [3.8, 4) is 5.75 Å². The van der Waals surface area contributed by atoms with Gasteiger partial charge in [0.15, 0.2) is 0 Å². The summed E-state index contributed by atoms with van der Waals surface area (Å²) >= 11 is 0. The molecule has 0 radical (unpaired) electrons. The molecule has 1 unspecified atom stereocenters. The largest absolute Gasteiger partial charge is 0.426 e. The molecule has 80 valence electrons. The first-order chi connectivity index (χ1) is 7.17. The standard InChI is InChI=1S/C12H14O3/c1-3-9(2)12(14)15-11-6-4-10(8-13)5-7-11/h4-9H,3H2,1-2H3. The molecule has 1 atom stereocenters. The Bertz CT molecular complexity index is 340. The lowest BCUT2D eigenvalue weighted by Crippen LogP contribution is -2.16. The normalized spacial score (nSPS) is 11.9. The van der Waals surface area contributed by atoms with Gasteiger partial charge in [0.05, 0.1) is 5.92 Å². The van der Waals surface area contributed by atoms with Crippen LogP contribution in [-0.2, 0) is 4.79 Å². The monoisotopic (exact) mass is 206 g/mol. The number of aldehydes is 1. The van der Waals surface area contributed by atoms with Gasteiger partial charge < -0.3 is 4.74 Å². The number of esters is 1. The molecule has 0 amide bonds. The molecule has 1 rings (SSSR count). The van der Waals surface area contributed by atoms with E-state index in [0.29, 0.717) is 11.3 Å². The molecule has 1 aromatic carbocycles. The Labute approximate surface area is 89.1 Å². The smallest absolute Gasteiger partial charge is 0.314 e. The second-order valence-corrected chi connectivity index (χ2v) is 3.42. The third-order valence-electron chi connectivity index (χ3n) is 2.25. The van der Waals surface area contributed by atoms with Crippen molar-refractivity contribution in [1.29, 1.82) is 0 Å². The highest BCUT2D eigenvalue weighted by atomic mass is 16.5. The second kappa shape index (κ2) is 5.29. The summed E-state index contributed by atoms with van der Waals surface area (Å²) in [5.41, 5.74) is 0.568. The van der Waals surface area contributed by atoms with Crippen LogP contribution in [0, 0.1) is 5.92 Å². The third-order valence-corrected chi connectivity index (χ3v) is 2.25. The summed E-state index contributed by atoms with van der Waals surface area (Å²) in [4.78, 5) is 21.8. The van der Waals surface area contributed by atoms with Crippen molar-refractivity contribution >= 4 is 12.3 Å². The topological polar surface area (TPSA) is 43.4 Å². The number of carbonyl (C=O) groups is 2. The number of ether oxygens (including phenoxy) is 1. The van der Waals surface area contributed by atoms with Gasteiger partial charge in [0.1, 0.15) is 12.0 Å². The van der Waals surface area contributed by atoms with Gasteiger partial charge in [-0.25, -0.2) is 0 Å². The van der Waals surface area contributed by atoms with E-state index >= 15 is 0 Å². The summed E-state index contributed by atoms with van der Waals surface area (Å²) in [5, 5.41) is 0. The van der Waals surface area contributed by atoms with Gasteiger partial charge in [-0.15, -0.1) is 0 Å². The summed E-state index contributed by atoms with van der Waals surface area (Å²) in [5.74, 6) is 0.137. The summed E-state index contributed by atoms with van der Waals surface area (Å²) < 4.78 is 5.11. The Balaban J connectivity index is 2.65. The van der Waals surface area contributed by atoms with Crippen molar-refractivity contribution in [2.75, 3.05) is 0 Å². The van der Waals surface area contributed by atoms with Gasteiger partial charge in [-0.1, -0.05) is 13.8 Å². The molecule has 0 N–H and O–H groups in total. The average Bonchev–Trinajstić information content (AvgIpc) is 2.29. The zero-order chi connectivity index (χ0) is 11.3. The molecule has 0 saturated heterocycles. The lowest BCUT2D eigenvalue weighted by molar-refractivity contribution is -0.138. The van der Waals surface area contributed by atoms with E-state index in [-0.39, 0.29) is 11.9 Å². The Morgan fingerprint density at radius 3 is 2.47 bits per heavy atom. The summed E-state index contributed by atoms with van der Waals surface area (Å²) in [7, 11) is 0. The van der Waals surface area contributed by atoms with E-state index < -0.39 is 0 Å². The van der Waals surface area contributed by atoms with Gasteiger partial charge in [0.25, 0.3) is 0 Å². The van der Waals surface area contributed by atoms with Crippen molar-refractivity contribution in [1.82, 2.24) is 0 Å². The van der Waals surface area contributed by atoms with E-state index in [2.05, 4.69) is 0 Å². The van der Waals surface area contributed by atoms with Gasteiger partial charge in [-0.3, -0.25) is 9.59 Å². The van der Waals surface area contributed by atoms with Crippen LogP contribution in [0.3, 0.4) is 0 Å².